The number of pyridine rings is 1. The number of carbonyl (C=O) groups excluding carboxylic acids is 1. The summed E-state index contributed by atoms with van der Waals surface area (Å²) in [5.74, 6) is -0.674. The van der Waals surface area contributed by atoms with E-state index in [1.165, 1.54) is 13.3 Å². The van der Waals surface area contributed by atoms with Crippen molar-refractivity contribution < 1.29 is 14.6 Å². The third kappa shape index (κ3) is 2.26. The van der Waals surface area contributed by atoms with Gasteiger partial charge in [0.25, 0.3) is 0 Å². The van der Waals surface area contributed by atoms with Crippen molar-refractivity contribution in [3.63, 3.8) is 0 Å². The van der Waals surface area contributed by atoms with Gasteiger partial charge in [-0.05, 0) is 18.6 Å². The Balaban J connectivity index is 2.88. The van der Waals surface area contributed by atoms with Crippen LogP contribution in [0.2, 0.25) is 0 Å². The molecule has 0 saturated carbocycles. The number of esters is 1. The minimum atomic E-state index is -1.24. The van der Waals surface area contributed by atoms with Crippen molar-refractivity contribution in [2.75, 3.05) is 7.11 Å². The van der Waals surface area contributed by atoms with Crippen molar-refractivity contribution in [1.29, 1.82) is 0 Å². The maximum Gasteiger partial charge on any atom is 0.339 e. The Hall–Kier alpha value is -1.42. The van der Waals surface area contributed by atoms with Crippen molar-refractivity contribution in [1.82, 2.24) is 4.98 Å². The molecule has 0 aliphatic rings. The summed E-state index contributed by atoms with van der Waals surface area (Å²) in [6.07, 6.45) is 1.85. The lowest BCUT2D eigenvalue weighted by Gasteiger charge is -2.07. The number of ether oxygens (including phenoxy) is 1. The number of hydrogen-bond donors (Lipinski definition) is 1. The molecule has 1 N–H and O–H groups in total. The quantitative estimate of drug-likeness (QED) is 0.678. The summed E-state index contributed by atoms with van der Waals surface area (Å²) < 4.78 is 4.39. The number of nitrogens with zero attached hydrogens (tertiary/aromatic N) is 1. The first-order chi connectivity index (χ1) is 6.15. The van der Waals surface area contributed by atoms with Crippen LogP contribution in [0.1, 0.15) is 17.2 Å². The van der Waals surface area contributed by atoms with E-state index >= 15 is 0 Å². The minimum absolute atomic E-state index is 0.451. The summed E-state index contributed by atoms with van der Waals surface area (Å²) in [6.45, 7) is 1.83. The maximum atomic E-state index is 10.9. The normalized spacial score (nSPS) is 12.2. The molecule has 0 radical (unpaired) electrons. The largest absolute Gasteiger partial charge is 0.467 e. The number of rotatable bonds is 2. The van der Waals surface area contributed by atoms with Crippen LogP contribution < -0.4 is 0 Å². The first kappa shape index (κ1) is 9.67. The smallest absolute Gasteiger partial charge is 0.339 e. The van der Waals surface area contributed by atoms with E-state index < -0.39 is 12.1 Å². The van der Waals surface area contributed by atoms with Crippen molar-refractivity contribution >= 4 is 5.97 Å². The van der Waals surface area contributed by atoms with Gasteiger partial charge in [-0.15, -0.1) is 0 Å². The predicted octanol–water partition coefficient (Wildman–Crippen LogP) is 0.596. The van der Waals surface area contributed by atoms with Gasteiger partial charge in [-0.1, -0.05) is 0 Å². The van der Waals surface area contributed by atoms with Crippen molar-refractivity contribution in [2.24, 2.45) is 0 Å². The molecule has 13 heavy (non-hydrogen) atoms. The molecule has 0 saturated heterocycles. The molecular formula is C9H11NO3. The molecule has 0 spiro atoms. The topological polar surface area (TPSA) is 59.4 Å². The van der Waals surface area contributed by atoms with Gasteiger partial charge in [0.15, 0.2) is 6.10 Å². The van der Waals surface area contributed by atoms with Crippen LogP contribution in [0.3, 0.4) is 0 Å². The standard InChI is InChI=1S/C9H11NO3/c1-6-3-7(5-10-4-6)8(11)9(12)13-2/h3-5,8,11H,1-2H3. The molecule has 0 bridgehead atoms. The molecule has 0 fully saturated rings. The second-order valence-electron chi connectivity index (χ2n) is 2.72. The molecule has 1 atom stereocenters. The summed E-state index contributed by atoms with van der Waals surface area (Å²) in [5.41, 5.74) is 1.34. The highest BCUT2D eigenvalue weighted by Crippen LogP contribution is 2.13. The number of carbonyl (C=O) groups is 1. The average Bonchev–Trinajstić information content (AvgIpc) is 2.15. The van der Waals surface area contributed by atoms with Crippen molar-refractivity contribution in [2.45, 2.75) is 13.0 Å². The van der Waals surface area contributed by atoms with Crippen LogP contribution in [0.25, 0.3) is 0 Å². The SMILES string of the molecule is COC(=O)C(O)c1cncc(C)c1. The highest BCUT2D eigenvalue weighted by molar-refractivity contribution is 5.75. The van der Waals surface area contributed by atoms with Crippen molar-refractivity contribution in [3.8, 4) is 0 Å². The van der Waals surface area contributed by atoms with Crippen LogP contribution >= 0.6 is 0 Å². The predicted molar refractivity (Wildman–Crippen MR) is 45.9 cm³/mol. The lowest BCUT2D eigenvalue weighted by molar-refractivity contribution is -0.150. The third-order valence-electron chi connectivity index (χ3n) is 1.64. The molecule has 4 heteroatoms. The molecular weight excluding hydrogens is 170 g/mol. The van der Waals surface area contributed by atoms with Crippen LogP contribution in [0.15, 0.2) is 18.5 Å². The second kappa shape index (κ2) is 4.00. The van der Waals surface area contributed by atoms with E-state index in [1.54, 1.807) is 12.3 Å². The van der Waals surface area contributed by atoms with E-state index in [2.05, 4.69) is 9.72 Å². The van der Waals surface area contributed by atoms with E-state index in [9.17, 15) is 9.90 Å². The van der Waals surface area contributed by atoms with Crippen LogP contribution in [0.5, 0.6) is 0 Å². The Kier molecular flexibility index (Phi) is 2.97. The van der Waals surface area contributed by atoms with Crippen LogP contribution in [0.4, 0.5) is 0 Å². The molecule has 1 aromatic rings. The van der Waals surface area contributed by atoms with E-state index in [4.69, 9.17) is 0 Å². The fraction of sp³-hybridized carbons (Fsp3) is 0.333. The van der Waals surface area contributed by atoms with Gasteiger partial charge in [0.05, 0.1) is 7.11 Å². The monoisotopic (exact) mass is 181 g/mol. The van der Waals surface area contributed by atoms with Gasteiger partial charge in [0, 0.05) is 18.0 Å². The van der Waals surface area contributed by atoms with E-state index in [0.717, 1.165) is 5.56 Å². The molecule has 0 aliphatic carbocycles. The number of hydrogen-bond acceptors (Lipinski definition) is 4. The fourth-order valence-corrected chi connectivity index (χ4v) is 0.976. The molecule has 1 heterocycles. The molecule has 1 unspecified atom stereocenters. The fourth-order valence-electron chi connectivity index (χ4n) is 0.976. The van der Waals surface area contributed by atoms with Crippen LogP contribution in [-0.2, 0) is 9.53 Å². The van der Waals surface area contributed by atoms with Gasteiger partial charge in [-0.3, -0.25) is 4.98 Å². The molecule has 1 rings (SSSR count). The summed E-state index contributed by atoms with van der Waals surface area (Å²) in [5, 5.41) is 9.40. The zero-order valence-electron chi connectivity index (χ0n) is 7.52. The summed E-state index contributed by atoms with van der Waals surface area (Å²) in [7, 11) is 1.23. The Labute approximate surface area is 76.2 Å². The van der Waals surface area contributed by atoms with E-state index in [-0.39, 0.29) is 0 Å². The maximum absolute atomic E-state index is 10.9. The molecule has 0 aromatic carbocycles. The Morgan fingerprint density at radius 2 is 2.31 bits per heavy atom. The highest BCUT2D eigenvalue weighted by atomic mass is 16.5. The average molecular weight is 181 g/mol. The van der Waals surface area contributed by atoms with Gasteiger partial charge in [-0.2, -0.15) is 0 Å². The molecule has 70 valence electrons. The Morgan fingerprint density at radius 1 is 1.62 bits per heavy atom. The minimum Gasteiger partial charge on any atom is -0.467 e. The summed E-state index contributed by atoms with van der Waals surface area (Å²) >= 11 is 0. The van der Waals surface area contributed by atoms with E-state index in [0.29, 0.717) is 5.56 Å². The Morgan fingerprint density at radius 3 is 2.85 bits per heavy atom. The number of aryl methyl sites for hydroxylation is 1. The third-order valence-corrected chi connectivity index (χ3v) is 1.64. The van der Waals surface area contributed by atoms with Gasteiger partial charge in [-0.25, -0.2) is 4.79 Å². The molecule has 0 amide bonds. The van der Waals surface area contributed by atoms with Crippen LogP contribution in [-0.4, -0.2) is 23.2 Å². The number of aliphatic hydroxyl groups is 1. The zero-order chi connectivity index (χ0) is 9.84. The molecule has 4 nitrogen and oxygen atoms in total. The van der Waals surface area contributed by atoms with Gasteiger partial charge in [0.2, 0.25) is 0 Å². The lowest BCUT2D eigenvalue weighted by atomic mass is 10.1. The summed E-state index contributed by atoms with van der Waals surface area (Å²) in [6, 6.07) is 1.69. The van der Waals surface area contributed by atoms with Crippen LogP contribution in [0, 0.1) is 6.92 Å². The van der Waals surface area contributed by atoms with Crippen molar-refractivity contribution in [3.05, 3.63) is 29.6 Å². The molecule has 1 aromatic heterocycles. The zero-order valence-corrected chi connectivity index (χ0v) is 7.52. The Bertz CT molecular complexity index is 311. The lowest BCUT2D eigenvalue weighted by Crippen LogP contribution is -2.13. The highest BCUT2D eigenvalue weighted by Gasteiger charge is 2.17. The first-order valence-corrected chi connectivity index (χ1v) is 3.82. The molecule has 0 aliphatic heterocycles. The van der Waals surface area contributed by atoms with E-state index in [1.807, 2.05) is 6.92 Å². The number of aliphatic hydroxyl groups excluding tert-OH is 1. The number of aromatic nitrogens is 1. The van der Waals surface area contributed by atoms with Gasteiger partial charge < -0.3 is 9.84 Å². The van der Waals surface area contributed by atoms with Gasteiger partial charge in [0.1, 0.15) is 0 Å². The number of methoxy groups -OCH3 is 1. The summed E-state index contributed by atoms with van der Waals surface area (Å²) in [4.78, 5) is 14.8. The second-order valence-corrected chi connectivity index (χ2v) is 2.72. The first-order valence-electron chi connectivity index (χ1n) is 3.82. The van der Waals surface area contributed by atoms with Gasteiger partial charge >= 0.3 is 5.97 Å².